The largest absolute Gasteiger partial charge is 0.438 e. The maximum atomic E-state index is 6.05. The van der Waals surface area contributed by atoms with E-state index in [1.54, 1.807) is 0 Å². The van der Waals surface area contributed by atoms with Crippen molar-refractivity contribution in [2.24, 2.45) is 7.05 Å². The van der Waals surface area contributed by atoms with Crippen LogP contribution in [0.25, 0.3) is 22.9 Å². The summed E-state index contributed by atoms with van der Waals surface area (Å²) in [5, 5.41) is 0. The monoisotopic (exact) mass is 374 g/mol. The number of hydrogen-bond donors (Lipinski definition) is 0. The van der Waals surface area contributed by atoms with Gasteiger partial charge in [-0.25, -0.2) is 0 Å². The molecule has 142 valence electrons. The molecule has 0 amide bonds. The third kappa shape index (κ3) is 2.95. The van der Waals surface area contributed by atoms with Gasteiger partial charge in [-0.1, -0.05) is 26.0 Å². The number of para-hydroxylation sites is 2. The van der Waals surface area contributed by atoms with Gasteiger partial charge in [0, 0.05) is 31.2 Å². The summed E-state index contributed by atoms with van der Waals surface area (Å²) in [6.07, 6.45) is 5.99. The van der Waals surface area contributed by atoms with Crippen molar-refractivity contribution in [3.63, 3.8) is 0 Å². The average molecular weight is 374 g/mol. The van der Waals surface area contributed by atoms with E-state index in [0.29, 0.717) is 0 Å². The Morgan fingerprint density at radius 1 is 0.964 bits per heavy atom. The van der Waals surface area contributed by atoms with Crippen LogP contribution in [0.1, 0.15) is 19.7 Å². The first-order chi connectivity index (χ1) is 13.7. The molecule has 0 unspecified atom stereocenters. The molecule has 5 nitrogen and oxygen atoms in total. The summed E-state index contributed by atoms with van der Waals surface area (Å²) in [5.74, 6) is 2.32. The van der Waals surface area contributed by atoms with Crippen molar-refractivity contribution in [1.29, 1.82) is 0 Å². The van der Waals surface area contributed by atoms with Crippen molar-refractivity contribution in [1.82, 2.24) is 4.57 Å². The number of benzene rings is 2. The van der Waals surface area contributed by atoms with Crippen molar-refractivity contribution >= 4 is 22.9 Å². The zero-order valence-corrected chi connectivity index (χ0v) is 16.6. The van der Waals surface area contributed by atoms with Crippen molar-refractivity contribution in [2.45, 2.75) is 13.8 Å². The van der Waals surface area contributed by atoms with E-state index >= 15 is 0 Å². The van der Waals surface area contributed by atoms with E-state index in [2.05, 4.69) is 16.7 Å². The highest BCUT2D eigenvalue weighted by molar-refractivity contribution is 5.73. The number of oxazole rings is 1. The van der Waals surface area contributed by atoms with Gasteiger partial charge in [0.25, 0.3) is 5.52 Å². The van der Waals surface area contributed by atoms with Crippen LogP contribution in [-0.2, 0) is 7.05 Å². The molecule has 2 aromatic carbocycles. The van der Waals surface area contributed by atoms with Crippen LogP contribution < -0.4 is 14.2 Å². The second-order valence-corrected chi connectivity index (χ2v) is 6.35. The minimum Gasteiger partial charge on any atom is -0.438 e. The van der Waals surface area contributed by atoms with E-state index in [-0.39, 0.29) is 0 Å². The van der Waals surface area contributed by atoms with Gasteiger partial charge in [-0.15, -0.1) is 0 Å². The fourth-order valence-electron chi connectivity index (χ4n) is 3.30. The van der Waals surface area contributed by atoms with Crippen molar-refractivity contribution in [2.75, 3.05) is 11.9 Å². The molecule has 1 aliphatic heterocycles. The molecule has 0 bridgehead atoms. The molecule has 0 saturated heterocycles. The summed E-state index contributed by atoms with van der Waals surface area (Å²) < 4.78 is 16.1. The number of nitrogens with zero attached hydrogens (tertiary/aromatic N) is 3. The van der Waals surface area contributed by atoms with Crippen LogP contribution in [0, 0.1) is 0 Å². The number of ether oxygens (including phenoxy) is 1. The van der Waals surface area contributed by atoms with Crippen LogP contribution in [-0.4, -0.2) is 11.6 Å². The van der Waals surface area contributed by atoms with Gasteiger partial charge in [0.1, 0.15) is 13.1 Å². The fraction of sp³-hybridized carbons (Fsp3) is 0.174. The van der Waals surface area contributed by atoms with Gasteiger partial charge in [-0.2, -0.15) is 4.57 Å². The van der Waals surface area contributed by atoms with Crippen molar-refractivity contribution in [3.8, 4) is 11.4 Å². The first-order valence-corrected chi connectivity index (χ1v) is 9.49. The van der Waals surface area contributed by atoms with Gasteiger partial charge in [0.05, 0.1) is 5.69 Å². The van der Waals surface area contributed by atoms with Crippen LogP contribution in [0.3, 0.4) is 0 Å². The predicted octanol–water partition coefficient (Wildman–Crippen LogP) is 4.90. The zero-order valence-electron chi connectivity index (χ0n) is 16.6. The molecule has 1 aliphatic rings. The lowest BCUT2D eigenvalue weighted by Gasteiger charge is -2.11. The van der Waals surface area contributed by atoms with E-state index in [1.807, 2.05) is 98.3 Å². The normalized spacial score (nSPS) is 14.0. The SMILES string of the molecule is CC.CN1C(=Cc2oc3ccccc3[n+]2C)Oc2ccc(-n3cccc3)cc21. The Morgan fingerprint density at radius 2 is 1.71 bits per heavy atom. The van der Waals surface area contributed by atoms with Crippen LogP contribution in [0.15, 0.2) is 77.3 Å². The van der Waals surface area contributed by atoms with Crippen molar-refractivity contribution in [3.05, 3.63) is 78.8 Å². The summed E-state index contributed by atoms with van der Waals surface area (Å²) in [6.45, 7) is 4.00. The highest BCUT2D eigenvalue weighted by Crippen LogP contribution is 2.39. The molecular formula is C23H24N3O2+. The van der Waals surface area contributed by atoms with E-state index in [9.17, 15) is 0 Å². The molecule has 0 saturated carbocycles. The quantitative estimate of drug-likeness (QED) is 0.468. The molecule has 3 heterocycles. The van der Waals surface area contributed by atoms with Gasteiger partial charge >= 0.3 is 5.89 Å². The molecule has 5 heteroatoms. The molecular weight excluding hydrogens is 350 g/mol. The van der Waals surface area contributed by atoms with Crippen LogP contribution in [0.2, 0.25) is 0 Å². The molecule has 2 aromatic heterocycles. The molecule has 0 spiro atoms. The van der Waals surface area contributed by atoms with E-state index in [4.69, 9.17) is 9.15 Å². The second kappa shape index (κ2) is 7.27. The van der Waals surface area contributed by atoms with Gasteiger partial charge in [0.15, 0.2) is 5.75 Å². The highest BCUT2D eigenvalue weighted by Gasteiger charge is 2.27. The lowest BCUT2D eigenvalue weighted by molar-refractivity contribution is -0.652. The molecule has 28 heavy (non-hydrogen) atoms. The van der Waals surface area contributed by atoms with E-state index < -0.39 is 0 Å². The van der Waals surface area contributed by atoms with Crippen LogP contribution >= 0.6 is 0 Å². The lowest BCUT2D eigenvalue weighted by Crippen LogP contribution is -2.29. The summed E-state index contributed by atoms with van der Waals surface area (Å²) in [5.41, 5.74) is 4.03. The summed E-state index contributed by atoms with van der Waals surface area (Å²) >= 11 is 0. The molecule has 0 aliphatic carbocycles. The fourth-order valence-corrected chi connectivity index (χ4v) is 3.30. The molecule has 0 N–H and O–H groups in total. The van der Waals surface area contributed by atoms with Gasteiger partial charge in [-0.05, 0) is 36.4 Å². The number of aromatic nitrogens is 2. The second-order valence-electron chi connectivity index (χ2n) is 6.35. The Balaban J connectivity index is 0.000000932. The average Bonchev–Trinajstić information content (AvgIpc) is 3.44. The zero-order chi connectivity index (χ0) is 19.7. The van der Waals surface area contributed by atoms with Gasteiger partial charge in [-0.3, -0.25) is 0 Å². The maximum absolute atomic E-state index is 6.05. The number of hydrogen-bond acceptors (Lipinski definition) is 3. The predicted molar refractivity (Wildman–Crippen MR) is 112 cm³/mol. The number of aryl methyl sites for hydroxylation is 1. The summed E-state index contributed by atoms with van der Waals surface area (Å²) in [7, 11) is 3.99. The van der Waals surface area contributed by atoms with Crippen LogP contribution in [0.5, 0.6) is 5.75 Å². The van der Waals surface area contributed by atoms with Crippen molar-refractivity contribution < 1.29 is 13.7 Å². The maximum Gasteiger partial charge on any atom is 0.379 e. The number of anilines is 1. The molecule has 0 radical (unpaired) electrons. The Labute approximate surface area is 164 Å². The number of rotatable bonds is 2. The third-order valence-electron chi connectivity index (χ3n) is 4.77. The van der Waals surface area contributed by atoms with Gasteiger partial charge in [0.2, 0.25) is 11.5 Å². The number of fused-ring (bicyclic) bond motifs is 2. The standard InChI is InChI=1S/C21H18N3O2.C2H6/c1-22-16-7-3-4-8-18(16)25-20(22)14-21-23(2)17-13-15(9-10-19(17)26-21)24-11-5-6-12-24;1-2/h3-14H,1-2H3;1-2H3/q+1;. The molecule has 0 fully saturated rings. The third-order valence-corrected chi connectivity index (χ3v) is 4.77. The first-order valence-electron chi connectivity index (χ1n) is 9.49. The summed E-state index contributed by atoms with van der Waals surface area (Å²) in [4.78, 5) is 2.04. The Hall–Kier alpha value is -3.47. The van der Waals surface area contributed by atoms with E-state index in [1.165, 1.54) is 0 Å². The minimum absolute atomic E-state index is 0.735. The minimum atomic E-state index is 0.735. The molecule has 5 rings (SSSR count). The Kier molecular flexibility index (Phi) is 4.65. The highest BCUT2D eigenvalue weighted by atomic mass is 16.5. The first kappa shape index (κ1) is 17.9. The lowest BCUT2D eigenvalue weighted by atomic mass is 10.2. The van der Waals surface area contributed by atoms with Crippen LogP contribution in [0.4, 0.5) is 5.69 Å². The Morgan fingerprint density at radius 3 is 2.46 bits per heavy atom. The Bertz CT molecular complexity index is 1140. The molecule has 4 aromatic rings. The molecule has 0 atom stereocenters. The topological polar surface area (TPSA) is 34.4 Å². The van der Waals surface area contributed by atoms with E-state index in [0.717, 1.165) is 40.0 Å². The van der Waals surface area contributed by atoms with Gasteiger partial charge < -0.3 is 18.6 Å². The summed E-state index contributed by atoms with van der Waals surface area (Å²) in [6, 6.07) is 18.2. The smallest absolute Gasteiger partial charge is 0.379 e.